The first-order valence-corrected chi connectivity index (χ1v) is 1.86. The summed E-state index contributed by atoms with van der Waals surface area (Å²) in [6.45, 7) is 0.00903. The fraction of sp³-hybridized carbons (Fsp3) is 0.200. The standard InChI is InChI=1S/C5H6O3/c1-2-3-8-4-5(6)7/h1,4,6-7H,3H2/p-1/i/hD. The molecule has 0 atom stereocenters. The molecule has 0 aromatic carbocycles. The van der Waals surface area contributed by atoms with Gasteiger partial charge in [-0.15, -0.1) is 6.42 Å². The van der Waals surface area contributed by atoms with Gasteiger partial charge in [0.25, 0.3) is 0 Å². The van der Waals surface area contributed by atoms with Crippen LogP contribution in [0.3, 0.4) is 0 Å². The Morgan fingerprint density at radius 3 is 3.50 bits per heavy atom. The van der Waals surface area contributed by atoms with Crippen molar-refractivity contribution in [3.05, 3.63) is 12.2 Å². The first-order valence-electron chi connectivity index (χ1n) is 2.27. The molecule has 0 aliphatic heterocycles. The molecule has 0 aliphatic rings. The van der Waals surface area contributed by atoms with E-state index in [4.69, 9.17) is 7.85 Å². The first-order chi connectivity index (χ1) is 4.31. The summed E-state index contributed by atoms with van der Waals surface area (Å²) in [5, 5.41) is 13.5. The third kappa shape index (κ3) is 4.70. The number of aliphatic hydroxyl groups is 1. The van der Waals surface area contributed by atoms with E-state index in [0.717, 1.165) is 6.26 Å². The lowest BCUT2D eigenvalue weighted by atomic mass is 10.7. The van der Waals surface area contributed by atoms with Crippen molar-refractivity contribution in [2.24, 2.45) is 0 Å². The number of terminal acetylenes is 1. The Labute approximate surface area is 48.7 Å². The van der Waals surface area contributed by atoms with E-state index in [1.54, 1.807) is 0 Å². The van der Waals surface area contributed by atoms with Gasteiger partial charge in [0.2, 0.25) is 0 Å². The molecule has 0 bridgehead atoms. The second-order valence-electron chi connectivity index (χ2n) is 0.952. The van der Waals surface area contributed by atoms with Crippen molar-refractivity contribution >= 4 is 0 Å². The van der Waals surface area contributed by atoms with Gasteiger partial charge < -0.3 is 15.0 Å². The van der Waals surface area contributed by atoms with Crippen LogP contribution in [-0.4, -0.2) is 11.7 Å². The summed E-state index contributed by atoms with van der Waals surface area (Å²) < 4.78 is 10.4. The van der Waals surface area contributed by atoms with Crippen LogP contribution >= 0.6 is 0 Å². The molecular weight excluding hydrogens is 108 g/mol. The summed E-state index contributed by atoms with van der Waals surface area (Å²) >= 11 is 0. The molecule has 0 radical (unpaired) electrons. The minimum Gasteiger partial charge on any atom is -0.627 e. The maximum Gasteiger partial charge on any atom is 0.147 e. The van der Waals surface area contributed by atoms with Crippen molar-refractivity contribution in [1.29, 1.82) is 1.43 Å². The van der Waals surface area contributed by atoms with Crippen LogP contribution in [0.25, 0.3) is 1.43 Å². The molecule has 0 saturated carbocycles. The predicted octanol–water partition coefficient (Wildman–Crippen LogP) is -0.647. The topological polar surface area (TPSA) is 52.5 Å². The highest BCUT2D eigenvalue weighted by atomic mass is 16.5. The van der Waals surface area contributed by atoms with E-state index < -0.39 is 5.95 Å². The third-order valence-electron chi connectivity index (χ3n) is 0.346. The van der Waals surface area contributed by atoms with Gasteiger partial charge in [0, 0.05) is 0 Å². The lowest BCUT2D eigenvalue weighted by molar-refractivity contribution is -0.351. The minimum atomic E-state index is -0.870. The largest absolute Gasteiger partial charge is 0.627 e. The zero-order chi connectivity index (χ0) is 7.11. The van der Waals surface area contributed by atoms with Crippen LogP contribution in [0.15, 0.2) is 12.2 Å². The van der Waals surface area contributed by atoms with Crippen LogP contribution in [0.1, 0.15) is 0 Å². The molecule has 0 heterocycles. The van der Waals surface area contributed by atoms with Crippen molar-refractivity contribution < 1.29 is 15.0 Å². The highest BCUT2D eigenvalue weighted by molar-refractivity contribution is 4.84. The van der Waals surface area contributed by atoms with Gasteiger partial charge in [0.05, 0.1) is 5.95 Å². The van der Waals surface area contributed by atoms with Crippen molar-refractivity contribution in [2.75, 3.05) is 6.61 Å². The average Bonchev–Trinajstić information content (AvgIpc) is 1.89. The van der Waals surface area contributed by atoms with Gasteiger partial charge in [-0.2, -0.15) is 0 Å². The molecule has 0 aromatic heterocycles. The number of rotatable bonds is 3. The molecule has 0 saturated heterocycles. The minimum absolute atomic E-state index is 0.00903. The monoisotopic (exact) mass is 114 g/mol. The lowest BCUT2D eigenvalue weighted by Gasteiger charge is -1.96. The maximum atomic E-state index is 10.0. The summed E-state index contributed by atoms with van der Waals surface area (Å²) in [5.74, 6) is 1.25. The van der Waals surface area contributed by atoms with E-state index in [1.165, 1.54) is 0 Å². The van der Waals surface area contributed by atoms with E-state index in [9.17, 15) is 5.11 Å². The van der Waals surface area contributed by atoms with Crippen LogP contribution in [0.4, 0.5) is 0 Å². The van der Waals surface area contributed by atoms with Crippen LogP contribution in [0.2, 0.25) is 0 Å². The fourth-order valence-electron chi connectivity index (χ4n) is 0.158. The summed E-state index contributed by atoms with van der Waals surface area (Å²) in [6.07, 6.45) is 5.51. The van der Waals surface area contributed by atoms with Crippen molar-refractivity contribution in [2.45, 2.75) is 0 Å². The van der Waals surface area contributed by atoms with Crippen LogP contribution in [0, 0.1) is 12.3 Å². The van der Waals surface area contributed by atoms with Gasteiger partial charge in [-0.25, -0.2) is 0 Å². The molecule has 1 N–H and O–H groups in total. The van der Waals surface area contributed by atoms with Gasteiger partial charge in [0.1, 0.15) is 14.3 Å². The Morgan fingerprint density at radius 1 is 2.25 bits per heavy atom. The van der Waals surface area contributed by atoms with Gasteiger partial charge >= 0.3 is 0 Å². The summed E-state index contributed by atoms with van der Waals surface area (Å²) in [7, 11) is 0. The van der Waals surface area contributed by atoms with Crippen molar-refractivity contribution in [1.82, 2.24) is 0 Å². The number of hydrogen-bond donors (Lipinski definition) is 1. The maximum absolute atomic E-state index is 10.0. The molecule has 0 rings (SSSR count). The lowest BCUT2D eigenvalue weighted by Crippen LogP contribution is -2.01. The second-order valence-corrected chi connectivity index (χ2v) is 0.952. The molecule has 0 spiro atoms. The van der Waals surface area contributed by atoms with Crippen LogP contribution in [-0.2, 0) is 4.74 Å². The van der Waals surface area contributed by atoms with E-state index in [0.29, 0.717) is 0 Å². The third-order valence-corrected chi connectivity index (χ3v) is 0.346. The number of hydrogen-bond acceptors (Lipinski definition) is 3. The molecular formula is C5H5O3-. The molecule has 44 valence electrons. The normalized spacial score (nSPS) is 11.4. The molecule has 0 fully saturated rings. The number of aliphatic hydroxyl groups excluding tert-OH is 1. The molecule has 8 heavy (non-hydrogen) atoms. The zero-order valence-electron chi connectivity index (χ0n) is 5.09. The smallest absolute Gasteiger partial charge is 0.147 e. The Hall–Kier alpha value is -1.30. The fourth-order valence-corrected chi connectivity index (χ4v) is 0.158. The van der Waals surface area contributed by atoms with E-state index in [2.05, 4.69) is 15.8 Å². The first kappa shape index (κ1) is 4.85. The predicted molar refractivity (Wildman–Crippen MR) is 25.5 cm³/mol. The molecule has 0 unspecified atom stereocenters. The highest BCUT2D eigenvalue weighted by Crippen LogP contribution is 1.76. The van der Waals surface area contributed by atoms with E-state index in [1.807, 2.05) is 0 Å². The van der Waals surface area contributed by atoms with E-state index >= 15 is 0 Å². The summed E-state index contributed by atoms with van der Waals surface area (Å²) in [5.41, 5.74) is 0. The quantitative estimate of drug-likeness (QED) is 0.301. The average molecular weight is 114 g/mol. The van der Waals surface area contributed by atoms with Crippen LogP contribution < -0.4 is 5.11 Å². The van der Waals surface area contributed by atoms with Crippen molar-refractivity contribution in [3.8, 4) is 12.3 Å². The van der Waals surface area contributed by atoms with Crippen LogP contribution in [0.5, 0.6) is 0 Å². The van der Waals surface area contributed by atoms with Gasteiger partial charge in [0.15, 0.2) is 0 Å². The Kier molecular flexibility index (Phi) is 2.35. The molecule has 0 aromatic rings. The SMILES string of the molecule is [2H]O/C([O-])=C/OCC#C. The Balaban J connectivity index is 3.35. The highest BCUT2D eigenvalue weighted by Gasteiger charge is 1.70. The van der Waals surface area contributed by atoms with Gasteiger partial charge in [-0.1, -0.05) is 5.92 Å². The summed E-state index contributed by atoms with van der Waals surface area (Å²) in [6, 6.07) is 0. The van der Waals surface area contributed by atoms with Gasteiger partial charge in [-0.3, -0.25) is 0 Å². The second kappa shape index (κ2) is 3.88. The summed E-state index contributed by atoms with van der Waals surface area (Å²) in [4.78, 5) is 0. The molecule has 0 aliphatic carbocycles. The molecule has 0 amide bonds. The molecule has 3 heteroatoms. The zero-order valence-corrected chi connectivity index (χ0v) is 4.09. The molecule has 3 nitrogen and oxygen atoms in total. The van der Waals surface area contributed by atoms with E-state index in [-0.39, 0.29) is 6.61 Å². The number of ether oxygens (including phenoxy) is 1. The van der Waals surface area contributed by atoms with Gasteiger partial charge in [-0.05, 0) is 0 Å². The Morgan fingerprint density at radius 2 is 3.00 bits per heavy atom. The Bertz CT molecular complexity index is 136. The van der Waals surface area contributed by atoms with Crippen molar-refractivity contribution in [3.63, 3.8) is 0 Å².